The average Bonchev–Trinajstić information content (AvgIpc) is 3.55. The number of alkyl halides is 1. The molecule has 0 aliphatic heterocycles. The lowest BCUT2D eigenvalue weighted by atomic mass is 9.98. The van der Waals surface area contributed by atoms with Crippen LogP contribution >= 0.6 is 7.82 Å². The van der Waals surface area contributed by atoms with E-state index >= 15 is 4.39 Å². The van der Waals surface area contributed by atoms with E-state index < -0.39 is 31.6 Å². The van der Waals surface area contributed by atoms with Crippen LogP contribution in [0.4, 0.5) is 16.2 Å². The molecule has 47 heavy (non-hydrogen) atoms. The van der Waals surface area contributed by atoms with Crippen LogP contribution in [0.1, 0.15) is 129 Å². The van der Waals surface area contributed by atoms with Crippen molar-refractivity contribution >= 4 is 30.8 Å². The largest absolute Gasteiger partial charge is 0.472 e. The van der Waals surface area contributed by atoms with Crippen molar-refractivity contribution in [2.45, 2.75) is 141 Å². The van der Waals surface area contributed by atoms with Gasteiger partial charge in [0.2, 0.25) is 5.95 Å². The third-order valence-electron chi connectivity index (χ3n) is 9.29. The van der Waals surface area contributed by atoms with Crippen LogP contribution in [0.5, 0.6) is 0 Å². The molecule has 2 aromatic rings. The molecule has 1 saturated carbocycles. The zero-order valence-electron chi connectivity index (χ0n) is 28.9. The van der Waals surface area contributed by atoms with Crippen molar-refractivity contribution in [1.82, 2.24) is 19.5 Å². The topological polar surface area (TPSA) is 167 Å². The van der Waals surface area contributed by atoms with E-state index in [1.165, 1.54) is 108 Å². The zero-order valence-corrected chi connectivity index (χ0v) is 29.8. The number of nitrogens with two attached hydrogens (primary N) is 1. The van der Waals surface area contributed by atoms with E-state index in [0.29, 0.717) is 23.6 Å². The number of unbranched alkanes of at least 4 members (excludes halogenated alkanes) is 15. The van der Waals surface area contributed by atoms with E-state index in [1.807, 2.05) is 0 Å². The summed E-state index contributed by atoms with van der Waals surface area (Å²) in [6.07, 6.45) is 21.0. The third-order valence-corrected chi connectivity index (χ3v) is 10.3. The van der Waals surface area contributed by atoms with Crippen LogP contribution in [-0.4, -0.2) is 74.8 Å². The molecule has 1 fully saturated rings. The number of aliphatic hydroxyl groups is 1. The molecule has 3 rings (SSSR count). The Morgan fingerprint density at radius 1 is 0.957 bits per heavy atom. The normalized spacial score (nSPS) is 22.6. The Balaban J connectivity index is 1.22. The van der Waals surface area contributed by atoms with Gasteiger partial charge in [-0.05, 0) is 19.8 Å². The monoisotopic (exact) mass is 686 g/mol. The van der Waals surface area contributed by atoms with Crippen LogP contribution in [0.3, 0.4) is 0 Å². The summed E-state index contributed by atoms with van der Waals surface area (Å²) >= 11 is 0. The van der Waals surface area contributed by atoms with Gasteiger partial charge >= 0.3 is 7.82 Å². The SMILES string of the molecule is CCCCCCCCCCCCCCCCCCOCCOP(=O)(O)OC[C@H]1C[C@@H](n2cnc3c(NC)nc(N)nc32)[C@](C)(F)[C@@H]1O. The first-order valence-corrected chi connectivity index (χ1v) is 19.3. The fourth-order valence-corrected chi connectivity index (χ4v) is 7.24. The van der Waals surface area contributed by atoms with Crippen molar-refractivity contribution in [2.75, 3.05) is 44.5 Å². The molecule has 5 atom stereocenters. The van der Waals surface area contributed by atoms with Gasteiger partial charge in [0.05, 0.1) is 38.3 Å². The summed E-state index contributed by atoms with van der Waals surface area (Å²) in [5.74, 6) is -0.377. The second-order valence-corrected chi connectivity index (χ2v) is 14.6. The highest BCUT2D eigenvalue weighted by molar-refractivity contribution is 7.47. The molecule has 1 aliphatic rings. The van der Waals surface area contributed by atoms with Gasteiger partial charge in [0.1, 0.15) is 0 Å². The van der Waals surface area contributed by atoms with E-state index in [4.69, 9.17) is 19.5 Å². The molecule has 0 amide bonds. The average molecular weight is 687 g/mol. The van der Waals surface area contributed by atoms with Crippen molar-refractivity contribution in [3.63, 3.8) is 0 Å². The molecule has 2 heterocycles. The predicted octanol–water partition coefficient (Wildman–Crippen LogP) is 7.51. The highest BCUT2D eigenvalue weighted by atomic mass is 31.2. The van der Waals surface area contributed by atoms with E-state index in [1.54, 1.807) is 7.05 Å². The molecular formula is C33H60FN6O6P. The van der Waals surface area contributed by atoms with Gasteiger partial charge in [-0.2, -0.15) is 9.97 Å². The summed E-state index contributed by atoms with van der Waals surface area (Å²) in [6.45, 7) is 3.80. The quantitative estimate of drug-likeness (QED) is 0.0571. The lowest BCUT2D eigenvalue weighted by molar-refractivity contribution is -0.0209. The minimum atomic E-state index is -4.42. The Labute approximate surface area is 280 Å². The summed E-state index contributed by atoms with van der Waals surface area (Å²) < 4.78 is 45.6. The number of ether oxygens (including phenoxy) is 1. The van der Waals surface area contributed by atoms with Crippen LogP contribution in [0.2, 0.25) is 0 Å². The van der Waals surface area contributed by atoms with Crippen molar-refractivity contribution in [3.8, 4) is 0 Å². The Morgan fingerprint density at radius 2 is 1.53 bits per heavy atom. The maximum absolute atomic E-state index is 15.8. The van der Waals surface area contributed by atoms with Gasteiger partial charge in [-0.1, -0.05) is 103 Å². The van der Waals surface area contributed by atoms with Gasteiger partial charge in [-0.3, -0.25) is 9.05 Å². The number of anilines is 2. The predicted molar refractivity (Wildman–Crippen MR) is 184 cm³/mol. The van der Waals surface area contributed by atoms with E-state index in [9.17, 15) is 14.6 Å². The number of hydrogen-bond acceptors (Lipinski definition) is 10. The number of rotatable bonds is 26. The molecule has 0 spiro atoms. The summed E-state index contributed by atoms with van der Waals surface area (Å²) in [7, 11) is -2.76. The van der Waals surface area contributed by atoms with Gasteiger partial charge in [-0.15, -0.1) is 0 Å². The molecule has 0 saturated heterocycles. The molecule has 1 aliphatic carbocycles. The number of nitrogens with one attached hydrogen (secondary N) is 1. The Morgan fingerprint density at radius 3 is 2.11 bits per heavy atom. The van der Waals surface area contributed by atoms with Crippen LogP contribution in [0.25, 0.3) is 11.2 Å². The molecule has 0 aromatic carbocycles. The number of hydrogen-bond donors (Lipinski definition) is 4. The van der Waals surface area contributed by atoms with E-state index in [2.05, 4.69) is 27.2 Å². The number of phosphoric acid groups is 1. The van der Waals surface area contributed by atoms with Gasteiger partial charge < -0.3 is 30.4 Å². The Bertz CT molecular complexity index is 1220. The Kier molecular flexibility index (Phi) is 17.3. The summed E-state index contributed by atoms with van der Waals surface area (Å²) in [6, 6.07) is -0.868. The maximum atomic E-state index is 15.8. The summed E-state index contributed by atoms with van der Waals surface area (Å²) in [5, 5.41) is 13.7. The number of phosphoric ester groups is 1. The fourth-order valence-electron chi connectivity index (χ4n) is 6.48. The third kappa shape index (κ3) is 12.8. The summed E-state index contributed by atoms with van der Waals surface area (Å²) in [5.41, 5.74) is 4.46. The van der Waals surface area contributed by atoms with Crippen molar-refractivity contribution in [2.24, 2.45) is 5.92 Å². The second kappa shape index (κ2) is 20.6. The number of aromatic nitrogens is 4. The molecule has 1 unspecified atom stereocenters. The van der Waals surface area contributed by atoms with E-state index in [0.717, 1.165) is 12.8 Å². The standard InChI is InChI=1S/C33H60FN6O6P/c1-4-5-6-7-8-9-10-11-12-13-14-15-16-17-18-19-20-44-21-22-45-47(42,43)46-24-26-23-27(33(2,34)29(26)41)40-25-37-28-30(36-3)38-32(35)39-31(28)40/h25-27,29,41H,4-24H2,1-3H3,(H,42,43)(H3,35,36,38,39)/t26-,27-,29-,33+/m1/s1. The van der Waals surface area contributed by atoms with Crippen LogP contribution in [0, 0.1) is 5.92 Å². The number of halogens is 1. The number of imidazole rings is 1. The first kappa shape index (κ1) is 39.5. The van der Waals surface area contributed by atoms with Gasteiger partial charge in [0.25, 0.3) is 0 Å². The molecule has 14 heteroatoms. The Hall–Kier alpha value is -1.89. The van der Waals surface area contributed by atoms with Crippen molar-refractivity contribution < 1.29 is 32.7 Å². The van der Waals surface area contributed by atoms with Gasteiger partial charge in [0.15, 0.2) is 22.7 Å². The fraction of sp³-hybridized carbons (Fsp3) is 0.848. The summed E-state index contributed by atoms with van der Waals surface area (Å²) in [4.78, 5) is 22.8. The van der Waals surface area contributed by atoms with Gasteiger partial charge in [0, 0.05) is 19.6 Å². The molecule has 0 bridgehead atoms. The molecule has 270 valence electrons. The van der Waals surface area contributed by atoms with Crippen LogP contribution in [-0.2, 0) is 18.3 Å². The molecule has 2 aromatic heterocycles. The van der Waals surface area contributed by atoms with Crippen LogP contribution < -0.4 is 11.1 Å². The van der Waals surface area contributed by atoms with Crippen LogP contribution in [0.15, 0.2) is 6.33 Å². The maximum Gasteiger partial charge on any atom is 0.472 e. The number of nitrogens with zero attached hydrogens (tertiary/aromatic N) is 4. The van der Waals surface area contributed by atoms with Crippen molar-refractivity contribution in [1.29, 1.82) is 0 Å². The highest BCUT2D eigenvalue weighted by Crippen LogP contribution is 2.50. The minimum Gasteiger partial charge on any atom is -0.389 e. The molecule has 5 N–H and O–H groups in total. The molecule has 12 nitrogen and oxygen atoms in total. The first-order valence-electron chi connectivity index (χ1n) is 17.8. The number of nitrogen functional groups attached to an aromatic ring is 1. The lowest BCUT2D eigenvalue weighted by Gasteiger charge is -2.27. The highest BCUT2D eigenvalue weighted by Gasteiger charge is 2.54. The van der Waals surface area contributed by atoms with Crippen molar-refractivity contribution in [3.05, 3.63) is 6.33 Å². The first-order chi connectivity index (χ1) is 22.6. The molecule has 0 radical (unpaired) electrons. The number of fused-ring (bicyclic) bond motifs is 1. The smallest absolute Gasteiger partial charge is 0.389 e. The second-order valence-electron chi connectivity index (χ2n) is 13.1. The van der Waals surface area contributed by atoms with E-state index in [-0.39, 0.29) is 32.2 Å². The minimum absolute atomic E-state index is 0.00467. The zero-order chi connectivity index (χ0) is 34.1. The lowest BCUT2D eigenvalue weighted by Crippen LogP contribution is -2.39. The molecular weight excluding hydrogens is 626 g/mol. The van der Waals surface area contributed by atoms with Gasteiger partial charge in [-0.25, -0.2) is 13.9 Å². The number of aliphatic hydroxyl groups excluding tert-OH is 1.